The molecule has 0 spiro atoms. The largest absolute Gasteiger partial charge is 0.310 e. The number of rotatable bonds is 8. The van der Waals surface area contributed by atoms with Gasteiger partial charge in [0.25, 0.3) is 0 Å². The fraction of sp³-hybridized carbons (Fsp3) is 0.0500. The molecule has 4 aromatic carbocycles. The normalized spacial score (nSPS) is 11.3. The summed E-state index contributed by atoms with van der Waals surface area (Å²) in [7, 11) is 0. The van der Waals surface area contributed by atoms with E-state index >= 15 is 0 Å². The Bertz CT molecular complexity index is 1900. The molecule has 6 rings (SSSR count). The Balaban J connectivity index is 1.46. The van der Waals surface area contributed by atoms with Crippen LogP contribution in [0.4, 0.5) is 17.1 Å². The van der Waals surface area contributed by atoms with Gasteiger partial charge in [-0.05, 0) is 102 Å². The highest BCUT2D eigenvalue weighted by molar-refractivity contribution is 5.83. The predicted octanol–water partition coefficient (Wildman–Crippen LogP) is 10.8. The summed E-state index contributed by atoms with van der Waals surface area (Å²) in [5.41, 5.74) is 12.9. The smallest absolute Gasteiger partial charge is 0.0708 e. The molecule has 0 fully saturated rings. The van der Waals surface area contributed by atoms with Crippen molar-refractivity contribution in [3.8, 4) is 33.6 Å². The molecular formula is C40H33N3. The highest BCUT2D eigenvalue weighted by Crippen LogP contribution is 2.38. The molecule has 0 radical (unpaired) electrons. The lowest BCUT2D eigenvalue weighted by atomic mass is 10.0. The summed E-state index contributed by atoms with van der Waals surface area (Å²) in [5, 5.41) is 0. The summed E-state index contributed by atoms with van der Waals surface area (Å²) in [5.74, 6) is 0. The van der Waals surface area contributed by atoms with Gasteiger partial charge in [0.15, 0.2) is 0 Å². The quantitative estimate of drug-likeness (QED) is 0.175. The van der Waals surface area contributed by atoms with Gasteiger partial charge in [-0.2, -0.15) is 0 Å². The molecule has 0 bridgehead atoms. The molecule has 3 nitrogen and oxygen atoms in total. The third-order valence-electron chi connectivity index (χ3n) is 7.57. The number of nitrogens with zero attached hydrogens (tertiary/aromatic N) is 3. The number of aromatic nitrogens is 2. The molecular weight excluding hydrogens is 522 g/mol. The maximum atomic E-state index is 4.73. The average Bonchev–Trinajstić information content (AvgIpc) is 3.07. The number of anilines is 3. The van der Waals surface area contributed by atoms with E-state index in [4.69, 9.17) is 4.98 Å². The summed E-state index contributed by atoms with van der Waals surface area (Å²) in [6, 6.07) is 44.7. The Morgan fingerprint density at radius 1 is 0.581 bits per heavy atom. The number of hydrogen-bond donors (Lipinski definition) is 0. The van der Waals surface area contributed by atoms with E-state index in [1.54, 1.807) is 0 Å². The Hall–Kier alpha value is -5.54. The zero-order chi connectivity index (χ0) is 29.6. The Labute approximate surface area is 254 Å². The van der Waals surface area contributed by atoms with Gasteiger partial charge in [0, 0.05) is 40.6 Å². The van der Waals surface area contributed by atoms with Gasteiger partial charge in [-0.1, -0.05) is 85.5 Å². The molecule has 0 unspecified atom stereocenters. The van der Waals surface area contributed by atoms with Crippen LogP contribution in [0.15, 0.2) is 159 Å². The second-order valence-corrected chi connectivity index (χ2v) is 10.4. The van der Waals surface area contributed by atoms with Crippen molar-refractivity contribution in [3.05, 3.63) is 170 Å². The van der Waals surface area contributed by atoms with Crippen LogP contribution in [0.5, 0.6) is 0 Å². The molecule has 0 saturated carbocycles. The van der Waals surface area contributed by atoms with E-state index in [2.05, 4.69) is 139 Å². The van der Waals surface area contributed by atoms with Gasteiger partial charge in [0.05, 0.1) is 11.4 Å². The van der Waals surface area contributed by atoms with Gasteiger partial charge in [0.2, 0.25) is 0 Å². The zero-order valence-corrected chi connectivity index (χ0v) is 24.5. The third-order valence-corrected chi connectivity index (χ3v) is 7.57. The molecule has 0 aliphatic rings. The minimum atomic E-state index is 0.914. The minimum absolute atomic E-state index is 0.914. The summed E-state index contributed by atoms with van der Waals surface area (Å²) in [6.07, 6.45) is 7.68. The number of aryl methyl sites for hydroxylation is 1. The lowest BCUT2D eigenvalue weighted by Crippen LogP contribution is -2.10. The summed E-state index contributed by atoms with van der Waals surface area (Å²) in [4.78, 5) is 11.7. The lowest BCUT2D eigenvalue weighted by molar-refractivity contribution is 1.26. The number of benzene rings is 4. The molecule has 6 aromatic rings. The summed E-state index contributed by atoms with van der Waals surface area (Å²) < 4.78 is 0. The minimum Gasteiger partial charge on any atom is -0.310 e. The van der Waals surface area contributed by atoms with Crippen LogP contribution >= 0.6 is 0 Å². The second kappa shape index (κ2) is 12.5. The highest BCUT2D eigenvalue weighted by atomic mass is 15.1. The van der Waals surface area contributed by atoms with Crippen LogP contribution in [0.3, 0.4) is 0 Å². The average molecular weight is 556 g/mol. The highest BCUT2D eigenvalue weighted by Gasteiger charge is 2.15. The van der Waals surface area contributed by atoms with Crippen molar-refractivity contribution in [1.82, 2.24) is 9.97 Å². The lowest BCUT2D eigenvalue weighted by Gasteiger charge is -2.26. The molecule has 0 saturated heterocycles. The van der Waals surface area contributed by atoms with E-state index in [0.717, 1.165) is 50.7 Å². The summed E-state index contributed by atoms with van der Waals surface area (Å²) in [6.45, 7) is 8.10. The number of hydrogen-bond acceptors (Lipinski definition) is 3. The first-order valence-electron chi connectivity index (χ1n) is 14.5. The maximum absolute atomic E-state index is 4.73. The molecule has 0 atom stereocenters. The molecule has 208 valence electrons. The van der Waals surface area contributed by atoms with Crippen LogP contribution < -0.4 is 4.90 Å². The van der Waals surface area contributed by atoms with Crippen molar-refractivity contribution >= 4 is 22.6 Å². The molecule has 0 N–H and O–H groups in total. The van der Waals surface area contributed by atoms with E-state index in [-0.39, 0.29) is 0 Å². The van der Waals surface area contributed by atoms with E-state index in [1.807, 2.05) is 43.6 Å². The van der Waals surface area contributed by atoms with Crippen molar-refractivity contribution in [2.75, 3.05) is 4.90 Å². The first-order chi connectivity index (χ1) is 21.1. The van der Waals surface area contributed by atoms with Crippen LogP contribution in [-0.4, -0.2) is 9.97 Å². The standard InChI is InChI=1S/C40H33N3/c1-4-30(5-2)33-22-24-42-40(28-33)35-14-10-16-38(27-35)43(36-19-17-32(18-20-36)31-11-7-6-8-12-31)37-15-9-13-34(26-37)39-25-29(3)21-23-41-39/h4-28H,1H2,2-3H3/b30-5+. The zero-order valence-electron chi connectivity index (χ0n) is 24.5. The van der Waals surface area contributed by atoms with Crippen LogP contribution in [0, 0.1) is 6.92 Å². The van der Waals surface area contributed by atoms with Crippen molar-refractivity contribution in [1.29, 1.82) is 0 Å². The second-order valence-electron chi connectivity index (χ2n) is 10.4. The van der Waals surface area contributed by atoms with Gasteiger partial charge in [-0.25, -0.2) is 0 Å². The molecule has 3 heteroatoms. The van der Waals surface area contributed by atoms with E-state index in [0.29, 0.717) is 0 Å². The molecule has 2 heterocycles. The van der Waals surface area contributed by atoms with Gasteiger partial charge < -0.3 is 4.90 Å². The maximum Gasteiger partial charge on any atom is 0.0708 e. The van der Waals surface area contributed by atoms with Crippen molar-refractivity contribution < 1.29 is 0 Å². The molecule has 0 aliphatic carbocycles. The Morgan fingerprint density at radius 3 is 1.77 bits per heavy atom. The SMILES string of the molecule is C=C/C(=C\C)c1ccnc(-c2cccc(N(c3ccc(-c4ccccc4)cc3)c3cccc(-c4cc(C)ccn4)c3)c2)c1. The van der Waals surface area contributed by atoms with Crippen molar-refractivity contribution in [2.45, 2.75) is 13.8 Å². The van der Waals surface area contributed by atoms with Gasteiger partial charge >= 0.3 is 0 Å². The number of pyridine rings is 2. The number of allylic oxidation sites excluding steroid dienone is 3. The van der Waals surface area contributed by atoms with E-state index < -0.39 is 0 Å². The van der Waals surface area contributed by atoms with Crippen LogP contribution in [0.25, 0.3) is 39.2 Å². The van der Waals surface area contributed by atoms with E-state index in [9.17, 15) is 0 Å². The molecule has 43 heavy (non-hydrogen) atoms. The van der Waals surface area contributed by atoms with Crippen molar-refractivity contribution in [3.63, 3.8) is 0 Å². The van der Waals surface area contributed by atoms with Crippen LogP contribution in [0.2, 0.25) is 0 Å². The topological polar surface area (TPSA) is 29.0 Å². The third kappa shape index (κ3) is 6.07. The molecule has 0 aliphatic heterocycles. The van der Waals surface area contributed by atoms with Gasteiger partial charge in [-0.15, -0.1) is 0 Å². The van der Waals surface area contributed by atoms with Crippen LogP contribution in [-0.2, 0) is 0 Å². The van der Waals surface area contributed by atoms with E-state index in [1.165, 1.54) is 16.7 Å². The molecule has 2 aromatic heterocycles. The first-order valence-corrected chi connectivity index (χ1v) is 14.5. The molecule has 0 amide bonds. The predicted molar refractivity (Wildman–Crippen MR) is 182 cm³/mol. The Morgan fingerprint density at radius 2 is 1.16 bits per heavy atom. The summed E-state index contributed by atoms with van der Waals surface area (Å²) >= 11 is 0. The first kappa shape index (κ1) is 27.6. The monoisotopic (exact) mass is 555 g/mol. The van der Waals surface area contributed by atoms with Crippen LogP contribution in [0.1, 0.15) is 18.1 Å². The fourth-order valence-corrected chi connectivity index (χ4v) is 5.35. The fourth-order valence-electron chi connectivity index (χ4n) is 5.35. The van der Waals surface area contributed by atoms with Gasteiger partial charge in [0.1, 0.15) is 0 Å². The Kier molecular flexibility index (Phi) is 8.06. The van der Waals surface area contributed by atoms with Crippen molar-refractivity contribution in [2.24, 2.45) is 0 Å². The van der Waals surface area contributed by atoms with Gasteiger partial charge in [-0.3, -0.25) is 9.97 Å².